The van der Waals surface area contributed by atoms with E-state index in [1.165, 1.54) is 19.4 Å². The number of hydrogen-bond donors (Lipinski definition) is 1. The molecule has 2 nitrogen and oxygen atoms in total. The summed E-state index contributed by atoms with van der Waals surface area (Å²) in [4.78, 5) is 2.34. The first-order valence-corrected chi connectivity index (χ1v) is 4.08. The van der Waals surface area contributed by atoms with Crippen LogP contribution in [0.4, 0.5) is 0 Å². The highest BCUT2D eigenvalue weighted by Gasteiger charge is 2.21. The minimum Gasteiger partial charge on any atom is -0.393 e. The van der Waals surface area contributed by atoms with Crippen molar-refractivity contribution in [2.24, 2.45) is 0 Å². The fraction of sp³-hybridized carbons (Fsp3) is 1.00. The lowest BCUT2D eigenvalue weighted by Gasteiger charge is -2.20. The maximum absolute atomic E-state index is 9.10. The molecule has 0 aromatic carbocycles. The fourth-order valence-electron chi connectivity index (χ4n) is 1.67. The minimum atomic E-state index is -0.134. The van der Waals surface area contributed by atoms with Crippen molar-refractivity contribution in [3.63, 3.8) is 0 Å². The molecule has 0 aliphatic carbocycles. The SMILES string of the molecule is C[C@@H](O)CC1CCCN1C. The van der Waals surface area contributed by atoms with Crippen LogP contribution in [-0.4, -0.2) is 35.7 Å². The Bertz CT molecular complexity index is 103. The molecule has 0 amide bonds. The zero-order valence-corrected chi connectivity index (χ0v) is 6.88. The quantitative estimate of drug-likeness (QED) is 0.619. The van der Waals surface area contributed by atoms with Crippen molar-refractivity contribution < 1.29 is 5.11 Å². The molecule has 2 heteroatoms. The molecule has 2 atom stereocenters. The molecule has 1 heterocycles. The van der Waals surface area contributed by atoms with Crippen LogP contribution >= 0.6 is 0 Å². The van der Waals surface area contributed by atoms with E-state index in [1.54, 1.807) is 0 Å². The van der Waals surface area contributed by atoms with Gasteiger partial charge < -0.3 is 10.0 Å². The van der Waals surface area contributed by atoms with E-state index in [-0.39, 0.29) is 6.10 Å². The summed E-state index contributed by atoms with van der Waals surface area (Å²) in [7, 11) is 2.14. The Morgan fingerprint density at radius 3 is 2.80 bits per heavy atom. The number of nitrogens with zero attached hydrogens (tertiary/aromatic N) is 1. The van der Waals surface area contributed by atoms with Crippen molar-refractivity contribution in [3.8, 4) is 0 Å². The molecule has 1 aliphatic rings. The number of rotatable bonds is 2. The normalized spacial score (nSPS) is 30.9. The van der Waals surface area contributed by atoms with E-state index < -0.39 is 0 Å². The lowest BCUT2D eigenvalue weighted by molar-refractivity contribution is 0.144. The predicted octanol–water partition coefficient (Wildman–Crippen LogP) is 0.851. The Kier molecular flexibility index (Phi) is 2.69. The molecule has 0 aromatic heterocycles. The van der Waals surface area contributed by atoms with Crippen LogP contribution < -0.4 is 0 Å². The zero-order valence-electron chi connectivity index (χ0n) is 6.88. The van der Waals surface area contributed by atoms with Crippen LogP contribution in [-0.2, 0) is 0 Å². The van der Waals surface area contributed by atoms with Crippen LogP contribution in [0.2, 0.25) is 0 Å². The summed E-state index contributed by atoms with van der Waals surface area (Å²) in [6.07, 6.45) is 3.37. The molecule has 1 unspecified atom stereocenters. The maximum atomic E-state index is 9.10. The molecule has 1 aliphatic heterocycles. The minimum absolute atomic E-state index is 0.134. The highest BCUT2D eigenvalue weighted by molar-refractivity contribution is 4.77. The highest BCUT2D eigenvalue weighted by atomic mass is 16.3. The van der Waals surface area contributed by atoms with Gasteiger partial charge in [0, 0.05) is 6.04 Å². The van der Waals surface area contributed by atoms with Gasteiger partial charge in [-0.2, -0.15) is 0 Å². The molecule has 1 fully saturated rings. The van der Waals surface area contributed by atoms with Crippen LogP contribution in [0.25, 0.3) is 0 Å². The molecule has 1 N–H and O–H groups in total. The molecule has 0 bridgehead atoms. The van der Waals surface area contributed by atoms with Crippen molar-refractivity contribution in [3.05, 3.63) is 0 Å². The second-order valence-corrected chi connectivity index (χ2v) is 3.36. The van der Waals surface area contributed by atoms with Crippen molar-refractivity contribution >= 4 is 0 Å². The first-order valence-electron chi connectivity index (χ1n) is 4.08. The van der Waals surface area contributed by atoms with Gasteiger partial charge in [0.1, 0.15) is 0 Å². The Balaban J connectivity index is 2.26. The van der Waals surface area contributed by atoms with Gasteiger partial charge in [-0.25, -0.2) is 0 Å². The molecular weight excluding hydrogens is 126 g/mol. The monoisotopic (exact) mass is 143 g/mol. The molecule has 0 spiro atoms. The van der Waals surface area contributed by atoms with E-state index in [9.17, 15) is 0 Å². The Hall–Kier alpha value is -0.0800. The molecule has 60 valence electrons. The highest BCUT2D eigenvalue weighted by Crippen LogP contribution is 2.18. The zero-order chi connectivity index (χ0) is 7.56. The van der Waals surface area contributed by atoms with Crippen LogP contribution in [0.5, 0.6) is 0 Å². The number of aliphatic hydroxyl groups excluding tert-OH is 1. The van der Waals surface area contributed by atoms with Gasteiger partial charge in [0.15, 0.2) is 0 Å². The topological polar surface area (TPSA) is 23.5 Å². The van der Waals surface area contributed by atoms with Crippen molar-refractivity contribution in [1.29, 1.82) is 0 Å². The van der Waals surface area contributed by atoms with E-state index in [4.69, 9.17) is 5.11 Å². The van der Waals surface area contributed by atoms with Crippen molar-refractivity contribution in [2.75, 3.05) is 13.6 Å². The van der Waals surface area contributed by atoms with Gasteiger partial charge in [-0.3, -0.25) is 0 Å². The van der Waals surface area contributed by atoms with Gasteiger partial charge in [0.2, 0.25) is 0 Å². The molecule has 0 saturated carbocycles. The predicted molar refractivity (Wildman–Crippen MR) is 41.9 cm³/mol. The third kappa shape index (κ3) is 1.96. The number of aliphatic hydroxyl groups is 1. The molecular formula is C8H17NO. The van der Waals surface area contributed by atoms with Gasteiger partial charge in [-0.1, -0.05) is 0 Å². The summed E-state index contributed by atoms with van der Waals surface area (Å²) in [6.45, 7) is 3.07. The standard InChI is InChI=1S/C8H17NO/c1-7(10)6-8-4-3-5-9(8)2/h7-8,10H,3-6H2,1-2H3/t7-,8?/m1/s1. The average molecular weight is 143 g/mol. The first-order chi connectivity index (χ1) is 4.70. The summed E-state index contributed by atoms with van der Waals surface area (Å²) < 4.78 is 0. The Labute approximate surface area is 62.8 Å². The smallest absolute Gasteiger partial charge is 0.0527 e. The van der Waals surface area contributed by atoms with Gasteiger partial charge >= 0.3 is 0 Å². The number of hydrogen-bond acceptors (Lipinski definition) is 2. The van der Waals surface area contributed by atoms with E-state index in [2.05, 4.69) is 11.9 Å². The van der Waals surface area contributed by atoms with E-state index >= 15 is 0 Å². The molecule has 0 aromatic rings. The van der Waals surface area contributed by atoms with Crippen molar-refractivity contribution in [1.82, 2.24) is 4.90 Å². The lowest BCUT2D eigenvalue weighted by atomic mass is 10.1. The molecule has 1 rings (SSSR count). The second kappa shape index (κ2) is 3.35. The Morgan fingerprint density at radius 2 is 2.40 bits per heavy atom. The number of likely N-dealkylation sites (tertiary alicyclic amines) is 1. The fourth-order valence-corrected chi connectivity index (χ4v) is 1.67. The summed E-state index contributed by atoms with van der Waals surface area (Å²) >= 11 is 0. The van der Waals surface area contributed by atoms with E-state index in [0.29, 0.717) is 6.04 Å². The van der Waals surface area contributed by atoms with Crippen LogP contribution in [0.1, 0.15) is 26.2 Å². The molecule has 1 saturated heterocycles. The third-order valence-electron chi connectivity index (χ3n) is 2.28. The summed E-state index contributed by atoms with van der Waals surface area (Å²) in [5.41, 5.74) is 0. The van der Waals surface area contributed by atoms with Crippen molar-refractivity contribution in [2.45, 2.75) is 38.3 Å². The first kappa shape index (κ1) is 8.02. The summed E-state index contributed by atoms with van der Waals surface area (Å²) in [6, 6.07) is 0.639. The van der Waals surface area contributed by atoms with Gasteiger partial charge in [-0.15, -0.1) is 0 Å². The molecule has 10 heavy (non-hydrogen) atoms. The van der Waals surface area contributed by atoms with E-state index in [1.807, 2.05) is 6.92 Å². The third-order valence-corrected chi connectivity index (χ3v) is 2.28. The molecule has 0 radical (unpaired) electrons. The Morgan fingerprint density at radius 1 is 1.70 bits per heavy atom. The largest absolute Gasteiger partial charge is 0.393 e. The maximum Gasteiger partial charge on any atom is 0.0527 e. The average Bonchev–Trinajstić information content (AvgIpc) is 2.15. The van der Waals surface area contributed by atoms with Crippen LogP contribution in [0, 0.1) is 0 Å². The van der Waals surface area contributed by atoms with Gasteiger partial charge in [-0.05, 0) is 39.8 Å². The van der Waals surface area contributed by atoms with Gasteiger partial charge in [0.25, 0.3) is 0 Å². The lowest BCUT2D eigenvalue weighted by Crippen LogP contribution is -2.27. The summed E-state index contributed by atoms with van der Waals surface area (Å²) in [5, 5.41) is 9.10. The van der Waals surface area contributed by atoms with Crippen LogP contribution in [0.3, 0.4) is 0 Å². The van der Waals surface area contributed by atoms with Crippen LogP contribution in [0.15, 0.2) is 0 Å². The summed E-state index contributed by atoms with van der Waals surface area (Å²) in [5.74, 6) is 0. The van der Waals surface area contributed by atoms with Gasteiger partial charge in [0.05, 0.1) is 6.10 Å². The second-order valence-electron chi connectivity index (χ2n) is 3.36. The van der Waals surface area contributed by atoms with E-state index in [0.717, 1.165) is 6.42 Å².